The highest BCUT2D eigenvalue weighted by molar-refractivity contribution is 5.30. The van der Waals surface area contributed by atoms with Gasteiger partial charge in [0.1, 0.15) is 11.8 Å². The van der Waals surface area contributed by atoms with E-state index in [0.29, 0.717) is 11.7 Å². The minimum Gasteiger partial charge on any atom is -0.313 e. The van der Waals surface area contributed by atoms with E-state index in [4.69, 9.17) is 5.26 Å². The molecule has 1 aliphatic heterocycles. The zero-order chi connectivity index (χ0) is 14.2. The number of nitrogens with one attached hydrogen (secondary N) is 1. The van der Waals surface area contributed by atoms with Crippen molar-refractivity contribution in [2.75, 3.05) is 19.6 Å². The van der Waals surface area contributed by atoms with Gasteiger partial charge in [0.05, 0.1) is 0 Å². The van der Waals surface area contributed by atoms with Crippen LogP contribution < -0.4 is 5.32 Å². The van der Waals surface area contributed by atoms with Gasteiger partial charge in [-0.2, -0.15) is 5.26 Å². The molecule has 1 unspecified atom stereocenters. The third-order valence-corrected chi connectivity index (χ3v) is 3.82. The number of rotatable bonds is 6. The Labute approximate surface area is 121 Å². The predicted molar refractivity (Wildman–Crippen MR) is 80.2 cm³/mol. The zero-order valence-corrected chi connectivity index (χ0v) is 12.3. The van der Waals surface area contributed by atoms with E-state index >= 15 is 0 Å². The van der Waals surface area contributed by atoms with E-state index < -0.39 is 0 Å². The summed E-state index contributed by atoms with van der Waals surface area (Å²) in [5.41, 5.74) is 1.60. The van der Waals surface area contributed by atoms with Crippen molar-refractivity contribution in [1.82, 2.24) is 15.2 Å². The Hall–Kier alpha value is -1.44. The van der Waals surface area contributed by atoms with Gasteiger partial charge in [-0.05, 0) is 38.4 Å². The topological polar surface area (TPSA) is 52.0 Å². The average molecular weight is 272 g/mol. The molecule has 4 heteroatoms. The summed E-state index contributed by atoms with van der Waals surface area (Å²) in [5.74, 6) is 0. The van der Waals surface area contributed by atoms with Gasteiger partial charge in [-0.3, -0.25) is 4.90 Å². The summed E-state index contributed by atoms with van der Waals surface area (Å²) in [7, 11) is 0. The van der Waals surface area contributed by atoms with Crippen molar-refractivity contribution in [3.05, 3.63) is 29.6 Å². The van der Waals surface area contributed by atoms with E-state index in [1.165, 1.54) is 19.3 Å². The molecule has 20 heavy (non-hydrogen) atoms. The van der Waals surface area contributed by atoms with Crippen molar-refractivity contribution in [1.29, 1.82) is 5.26 Å². The molecule has 0 amide bonds. The normalized spacial score (nSPS) is 18.9. The molecule has 4 nitrogen and oxygen atoms in total. The zero-order valence-electron chi connectivity index (χ0n) is 12.3. The minimum absolute atomic E-state index is 0.560. The van der Waals surface area contributed by atoms with Crippen molar-refractivity contribution >= 4 is 0 Å². The van der Waals surface area contributed by atoms with Gasteiger partial charge in [-0.1, -0.05) is 19.4 Å². The van der Waals surface area contributed by atoms with Gasteiger partial charge in [0.2, 0.25) is 0 Å². The first-order valence-electron chi connectivity index (χ1n) is 7.63. The van der Waals surface area contributed by atoms with E-state index in [1.807, 2.05) is 12.1 Å². The molecule has 1 aliphatic rings. The van der Waals surface area contributed by atoms with Gasteiger partial charge < -0.3 is 5.32 Å². The Balaban J connectivity index is 1.99. The van der Waals surface area contributed by atoms with Gasteiger partial charge >= 0.3 is 0 Å². The molecule has 0 aliphatic carbocycles. The summed E-state index contributed by atoms with van der Waals surface area (Å²) in [6.07, 6.45) is 6.71. The Morgan fingerprint density at radius 2 is 2.40 bits per heavy atom. The lowest BCUT2D eigenvalue weighted by Crippen LogP contribution is -2.43. The lowest BCUT2D eigenvalue weighted by Gasteiger charge is -2.30. The summed E-state index contributed by atoms with van der Waals surface area (Å²) in [6, 6.07) is 6.72. The second-order valence-corrected chi connectivity index (χ2v) is 5.50. The Morgan fingerprint density at radius 1 is 1.50 bits per heavy atom. The minimum atomic E-state index is 0.560. The maximum Gasteiger partial charge on any atom is 0.144 e. The van der Waals surface area contributed by atoms with E-state index in [0.717, 1.165) is 38.2 Å². The molecule has 1 N–H and O–H groups in total. The molecule has 2 rings (SSSR count). The van der Waals surface area contributed by atoms with Crippen LogP contribution in [0.4, 0.5) is 0 Å². The number of pyridine rings is 1. The van der Waals surface area contributed by atoms with Crippen LogP contribution >= 0.6 is 0 Å². The number of nitrogens with zero attached hydrogens (tertiary/aromatic N) is 3. The van der Waals surface area contributed by atoms with Crippen molar-refractivity contribution in [3.63, 3.8) is 0 Å². The third-order valence-electron chi connectivity index (χ3n) is 3.82. The number of nitriles is 1. The van der Waals surface area contributed by atoms with E-state index in [-0.39, 0.29) is 0 Å². The van der Waals surface area contributed by atoms with Crippen LogP contribution in [-0.4, -0.2) is 35.6 Å². The molecule has 0 bridgehead atoms. The summed E-state index contributed by atoms with van der Waals surface area (Å²) in [4.78, 5) is 6.60. The van der Waals surface area contributed by atoms with Gasteiger partial charge in [-0.25, -0.2) is 4.98 Å². The van der Waals surface area contributed by atoms with Crippen LogP contribution in [0.3, 0.4) is 0 Å². The number of hydrogen-bond donors (Lipinski definition) is 1. The quantitative estimate of drug-likeness (QED) is 0.863. The van der Waals surface area contributed by atoms with Crippen LogP contribution in [0.1, 0.15) is 43.9 Å². The molecular formula is C16H24N4. The first-order valence-corrected chi connectivity index (χ1v) is 7.63. The van der Waals surface area contributed by atoms with Gasteiger partial charge in [0, 0.05) is 30.9 Å². The highest BCUT2D eigenvalue weighted by Gasteiger charge is 2.17. The predicted octanol–water partition coefficient (Wildman–Crippen LogP) is 2.31. The van der Waals surface area contributed by atoms with E-state index in [1.54, 1.807) is 6.20 Å². The molecule has 0 spiro atoms. The Bertz CT molecular complexity index is 446. The molecule has 1 saturated heterocycles. The average Bonchev–Trinajstić information content (AvgIpc) is 2.49. The molecule has 2 heterocycles. The van der Waals surface area contributed by atoms with Crippen LogP contribution in [0.25, 0.3) is 0 Å². The molecule has 1 atom stereocenters. The molecule has 108 valence electrons. The summed E-state index contributed by atoms with van der Waals surface area (Å²) in [5, 5.41) is 12.7. The number of aromatic nitrogens is 1. The fourth-order valence-corrected chi connectivity index (χ4v) is 2.85. The van der Waals surface area contributed by atoms with E-state index in [9.17, 15) is 0 Å². The summed E-state index contributed by atoms with van der Waals surface area (Å²) in [6.45, 7) is 6.30. The second-order valence-electron chi connectivity index (χ2n) is 5.50. The first kappa shape index (κ1) is 15.0. The summed E-state index contributed by atoms with van der Waals surface area (Å²) >= 11 is 0. The third kappa shape index (κ3) is 4.29. The van der Waals surface area contributed by atoms with Crippen molar-refractivity contribution in [3.8, 4) is 6.07 Å². The highest BCUT2D eigenvalue weighted by Crippen LogP contribution is 2.13. The van der Waals surface area contributed by atoms with Gasteiger partial charge in [-0.15, -0.1) is 0 Å². The smallest absolute Gasteiger partial charge is 0.144 e. The fourth-order valence-electron chi connectivity index (χ4n) is 2.85. The molecule has 0 radical (unpaired) electrons. The second kappa shape index (κ2) is 7.98. The molecule has 1 aromatic heterocycles. The van der Waals surface area contributed by atoms with Crippen LogP contribution in [0.5, 0.6) is 0 Å². The molecule has 0 saturated carbocycles. The summed E-state index contributed by atoms with van der Waals surface area (Å²) < 4.78 is 0. The van der Waals surface area contributed by atoms with Crippen LogP contribution in [0.15, 0.2) is 18.3 Å². The van der Waals surface area contributed by atoms with Crippen molar-refractivity contribution in [2.24, 2.45) is 0 Å². The first-order chi connectivity index (χ1) is 9.83. The number of hydrogen-bond acceptors (Lipinski definition) is 4. The Kier molecular flexibility index (Phi) is 5.97. The standard InChI is InChI=1S/C16H24N4/c1-2-10-20(13-15-7-3-4-8-18-15)12-14-6-5-9-19-16(14)11-17/h5-6,9,15,18H,2-4,7-8,10,12-13H2,1H3. The number of piperidine rings is 1. The SMILES string of the molecule is CCCN(Cc1cccnc1C#N)CC1CCCCN1. The van der Waals surface area contributed by atoms with Crippen molar-refractivity contribution in [2.45, 2.75) is 45.2 Å². The van der Waals surface area contributed by atoms with Crippen LogP contribution in [0, 0.1) is 11.3 Å². The molecule has 1 fully saturated rings. The lowest BCUT2D eigenvalue weighted by molar-refractivity contribution is 0.217. The fraction of sp³-hybridized carbons (Fsp3) is 0.625. The van der Waals surface area contributed by atoms with E-state index in [2.05, 4.69) is 28.2 Å². The van der Waals surface area contributed by atoms with Gasteiger partial charge in [0.15, 0.2) is 0 Å². The highest BCUT2D eigenvalue weighted by atomic mass is 15.1. The molecule has 1 aromatic rings. The van der Waals surface area contributed by atoms with Gasteiger partial charge in [0.25, 0.3) is 0 Å². The van der Waals surface area contributed by atoms with Crippen LogP contribution in [-0.2, 0) is 6.54 Å². The monoisotopic (exact) mass is 272 g/mol. The molecular weight excluding hydrogens is 248 g/mol. The maximum atomic E-state index is 9.14. The van der Waals surface area contributed by atoms with Crippen molar-refractivity contribution < 1.29 is 0 Å². The Morgan fingerprint density at radius 3 is 3.10 bits per heavy atom. The lowest BCUT2D eigenvalue weighted by atomic mass is 10.0. The maximum absolute atomic E-state index is 9.14. The largest absolute Gasteiger partial charge is 0.313 e. The molecule has 0 aromatic carbocycles. The van der Waals surface area contributed by atoms with Crippen LogP contribution in [0.2, 0.25) is 0 Å².